The summed E-state index contributed by atoms with van der Waals surface area (Å²) in [5.41, 5.74) is 5.04. The molecule has 0 bridgehead atoms. The van der Waals surface area contributed by atoms with Crippen LogP contribution in [0.25, 0.3) is 10.8 Å². The van der Waals surface area contributed by atoms with Crippen molar-refractivity contribution in [1.82, 2.24) is 14.7 Å². The second-order valence-corrected chi connectivity index (χ2v) is 16.0. The highest BCUT2D eigenvalue weighted by Crippen LogP contribution is 2.49. The van der Waals surface area contributed by atoms with Crippen LogP contribution in [0.5, 0.6) is 5.75 Å². The lowest BCUT2D eigenvalue weighted by Gasteiger charge is -2.33. The van der Waals surface area contributed by atoms with Gasteiger partial charge < -0.3 is 44.6 Å². The topological polar surface area (TPSA) is 249 Å². The van der Waals surface area contributed by atoms with E-state index in [9.17, 15) is 24.1 Å². The van der Waals surface area contributed by atoms with Crippen LogP contribution in [0.4, 0.5) is 0 Å². The fraction of sp³-hybridized carbons (Fsp3) is 0.485. The Morgan fingerprint density at radius 1 is 1.11 bits per heavy atom. The summed E-state index contributed by atoms with van der Waals surface area (Å²) in [6.07, 6.45) is 1.10. The van der Waals surface area contributed by atoms with Crippen LogP contribution in [0.1, 0.15) is 56.6 Å². The van der Waals surface area contributed by atoms with E-state index in [0.29, 0.717) is 11.1 Å². The Kier molecular flexibility index (Phi) is 11.9. The second kappa shape index (κ2) is 16.1. The van der Waals surface area contributed by atoms with Crippen LogP contribution in [0.2, 0.25) is 0 Å². The number of aliphatic hydroxyl groups excluding tert-OH is 2. The molecule has 53 heavy (non-hydrogen) atoms. The zero-order chi connectivity index (χ0) is 38.0. The summed E-state index contributed by atoms with van der Waals surface area (Å²) in [5.74, 6) is -0.418. The highest BCUT2D eigenvalue weighted by molar-refractivity contribution is 7.52. The summed E-state index contributed by atoms with van der Waals surface area (Å²) < 4.78 is 55.7. The van der Waals surface area contributed by atoms with Crippen LogP contribution >= 0.6 is 15.6 Å². The van der Waals surface area contributed by atoms with Crippen molar-refractivity contribution < 1.29 is 57.0 Å². The second-order valence-electron chi connectivity index (χ2n) is 13.1. The van der Waals surface area contributed by atoms with Gasteiger partial charge in [-0.2, -0.15) is 10.2 Å². The normalized spacial score (nSPS) is 26.8. The number of phosphoric acid groups is 1. The first-order valence-electron chi connectivity index (χ1n) is 17.1. The Hall–Kier alpha value is -3.51. The number of carbonyl (C=O) groups is 1. The van der Waals surface area contributed by atoms with E-state index in [1.807, 2.05) is 18.2 Å². The smallest absolute Gasteiger partial charge is 0.461 e. The lowest BCUT2D eigenvalue weighted by molar-refractivity contribution is -0.152. The van der Waals surface area contributed by atoms with Crippen molar-refractivity contribution in [3.05, 3.63) is 66.0 Å². The van der Waals surface area contributed by atoms with E-state index in [1.165, 1.54) is 42.2 Å². The van der Waals surface area contributed by atoms with Crippen LogP contribution < -0.4 is 15.3 Å². The van der Waals surface area contributed by atoms with E-state index in [0.717, 1.165) is 37.5 Å². The van der Waals surface area contributed by atoms with E-state index in [4.69, 9.17) is 34.0 Å². The van der Waals surface area contributed by atoms with Gasteiger partial charge in [-0.15, -0.1) is 0 Å². The number of rotatable bonds is 14. The molecule has 6 rings (SSSR count). The van der Waals surface area contributed by atoms with Crippen LogP contribution in [-0.2, 0) is 38.0 Å². The van der Waals surface area contributed by atoms with Crippen molar-refractivity contribution in [2.24, 2.45) is 15.8 Å². The fourth-order valence-electron chi connectivity index (χ4n) is 6.67. The van der Waals surface area contributed by atoms with Crippen molar-refractivity contribution in [3.8, 4) is 5.75 Å². The molecule has 3 aromatic rings. The van der Waals surface area contributed by atoms with E-state index in [2.05, 4.69) is 19.7 Å². The Labute approximate surface area is 305 Å². The third-order valence-electron chi connectivity index (χ3n) is 9.36. The Morgan fingerprint density at radius 3 is 2.58 bits per heavy atom. The molecule has 3 heterocycles. The molecule has 0 spiro atoms. The first-order chi connectivity index (χ1) is 25.2. The summed E-state index contributed by atoms with van der Waals surface area (Å²) in [5, 5.41) is 31.3. The van der Waals surface area contributed by atoms with Gasteiger partial charge in [0.15, 0.2) is 5.60 Å². The zero-order valence-corrected chi connectivity index (χ0v) is 30.9. The number of benzene rings is 2. The number of aliphatic hydroxyl groups is 2. The highest BCUT2D eigenvalue weighted by Gasteiger charge is 2.57. The fourth-order valence-corrected chi connectivity index (χ4v) is 8.47. The zero-order valence-electron chi connectivity index (χ0n) is 29.1. The van der Waals surface area contributed by atoms with Gasteiger partial charge in [0, 0.05) is 18.6 Å². The molecule has 2 fully saturated rings. The van der Waals surface area contributed by atoms with Gasteiger partial charge in [-0.3, -0.25) is 18.8 Å². The first kappa shape index (κ1) is 39.2. The maximum atomic E-state index is 14.6. The van der Waals surface area contributed by atoms with Crippen LogP contribution in [0, 0.1) is 0 Å². The van der Waals surface area contributed by atoms with E-state index in [-0.39, 0.29) is 17.5 Å². The van der Waals surface area contributed by atoms with Crippen molar-refractivity contribution >= 4 is 44.9 Å². The summed E-state index contributed by atoms with van der Waals surface area (Å²) in [6.45, 7) is 0.336. The number of esters is 1. The van der Waals surface area contributed by atoms with Gasteiger partial charge in [0.25, 0.3) is 0 Å². The van der Waals surface area contributed by atoms with Gasteiger partial charge in [-0.25, -0.2) is 13.8 Å². The molecule has 288 valence electrons. The standard InChI is InChI=1S/C33H44N6O12P2/c1-21(32(42)49-23-11-4-3-5-12-23)37-52(43,51-26-14-8-10-22-9-6-7-13-24(22)26)47-17-27-29(40)30(41)33(50-27,18-35-2)28-16-15-25-31(34)38(19-36-39(25)28)20-48-53(44,45)46/h6-10,13-16,18-19,21,23,27,29-31,40-41H,3-5,11-12,17,20,34H2,1-2H3,(H,37,43)(H2,44,45,46)/t21-,27+,29+,30+,31?,33-,52?/m0/s1. The average molecular weight is 779 g/mol. The maximum absolute atomic E-state index is 14.6. The summed E-state index contributed by atoms with van der Waals surface area (Å²) in [6, 6.07) is 14.4. The lowest BCUT2D eigenvalue weighted by atomic mass is 9.92. The average Bonchev–Trinajstić information content (AvgIpc) is 3.67. The molecule has 1 saturated carbocycles. The summed E-state index contributed by atoms with van der Waals surface area (Å²) in [7, 11) is -7.81. The SMILES string of the molecule is CN=C[C@@]1(c2ccc3n2N=CN(COP(=O)(O)O)C3N)O[C@H](COP(=O)(N[C@@H](C)C(=O)OC2CCCCC2)Oc2cccc3ccccc23)[C@@H](O)[C@H]1O. The molecule has 7 atom stereocenters. The number of aromatic nitrogens is 1. The quantitative estimate of drug-likeness (QED) is 0.0782. The van der Waals surface area contributed by atoms with Crippen LogP contribution in [0.3, 0.4) is 0 Å². The minimum Gasteiger partial charge on any atom is -0.461 e. The minimum atomic E-state index is -4.80. The van der Waals surface area contributed by atoms with Gasteiger partial charge in [0.05, 0.1) is 18.0 Å². The number of hydrogen-bond acceptors (Lipinski definition) is 14. The third kappa shape index (κ3) is 8.58. The Morgan fingerprint density at radius 2 is 1.85 bits per heavy atom. The molecular weight excluding hydrogens is 734 g/mol. The number of nitrogens with one attached hydrogen (secondary N) is 1. The van der Waals surface area contributed by atoms with Gasteiger partial charge in [-0.1, -0.05) is 42.8 Å². The van der Waals surface area contributed by atoms with E-state index >= 15 is 0 Å². The molecule has 0 amide bonds. The number of carbonyl (C=O) groups excluding carboxylic acids is 1. The molecule has 2 aromatic carbocycles. The van der Waals surface area contributed by atoms with Crippen molar-refractivity contribution in [2.45, 2.75) is 81.3 Å². The molecule has 7 N–H and O–H groups in total. The van der Waals surface area contributed by atoms with Gasteiger partial charge in [0.1, 0.15) is 55.4 Å². The largest absolute Gasteiger partial charge is 0.471 e. The molecule has 1 aromatic heterocycles. The van der Waals surface area contributed by atoms with E-state index in [1.54, 1.807) is 30.3 Å². The predicted molar refractivity (Wildman–Crippen MR) is 192 cm³/mol. The number of ether oxygens (including phenoxy) is 2. The molecule has 3 aliphatic rings. The molecule has 20 heteroatoms. The maximum Gasteiger partial charge on any atom is 0.471 e. The molecular formula is C33H44N6O12P2. The third-order valence-corrected chi connectivity index (χ3v) is 11.4. The Balaban J connectivity index is 1.24. The molecule has 1 aliphatic carbocycles. The minimum absolute atomic E-state index is 0.196. The summed E-state index contributed by atoms with van der Waals surface area (Å²) >= 11 is 0. The molecule has 18 nitrogen and oxygen atoms in total. The highest BCUT2D eigenvalue weighted by atomic mass is 31.2. The number of nitrogens with zero attached hydrogens (tertiary/aromatic N) is 4. The molecule has 0 radical (unpaired) electrons. The predicted octanol–water partition coefficient (Wildman–Crippen LogP) is 2.85. The van der Waals surface area contributed by atoms with E-state index < -0.39 is 71.0 Å². The van der Waals surface area contributed by atoms with Gasteiger partial charge in [-0.05, 0) is 56.2 Å². The monoisotopic (exact) mass is 778 g/mol. The lowest BCUT2D eigenvalue weighted by Crippen LogP contribution is -2.45. The van der Waals surface area contributed by atoms with Crippen LogP contribution in [0.15, 0.2) is 64.7 Å². The number of phosphoric ester groups is 1. The molecule has 1 saturated heterocycles. The van der Waals surface area contributed by atoms with Crippen molar-refractivity contribution in [3.63, 3.8) is 0 Å². The number of aliphatic imine (C=N–C) groups is 1. The van der Waals surface area contributed by atoms with Gasteiger partial charge >= 0.3 is 21.5 Å². The van der Waals surface area contributed by atoms with Crippen LogP contribution in [-0.4, -0.2) is 98.9 Å². The number of nitrogens with two attached hydrogens (primary N) is 1. The summed E-state index contributed by atoms with van der Waals surface area (Å²) in [4.78, 5) is 36.7. The molecule has 2 unspecified atom stereocenters. The first-order valence-corrected chi connectivity index (χ1v) is 20.2. The van der Waals surface area contributed by atoms with Crippen molar-refractivity contribution in [2.75, 3.05) is 20.4 Å². The number of fused-ring (bicyclic) bond motifs is 2. The van der Waals surface area contributed by atoms with Gasteiger partial charge in [0.2, 0.25) is 0 Å². The van der Waals surface area contributed by atoms with Crippen molar-refractivity contribution in [1.29, 1.82) is 0 Å². The number of hydrogen-bond donors (Lipinski definition) is 6. The Bertz CT molecular complexity index is 1930. The molecule has 2 aliphatic heterocycles.